The molecule has 5 heteroatoms. The van der Waals surface area contributed by atoms with Crippen LogP contribution in [0.5, 0.6) is 11.5 Å². The van der Waals surface area contributed by atoms with E-state index in [0.717, 1.165) is 48.9 Å². The van der Waals surface area contributed by atoms with Gasteiger partial charge in [0.05, 0.1) is 14.2 Å². The highest BCUT2D eigenvalue weighted by Crippen LogP contribution is 2.39. The van der Waals surface area contributed by atoms with E-state index in [1.165, 1.54) is 16.7 Å². The zero-order valence-corrected chi connectivity index (χ0v) is 17.5. The lowest BCUT2D eigenvalue weighted by Crippen LogP contribution is -2.36. The molecule has 0 saturated heterocycles. The van der Waals surface area contributed by atoms with E-state index >= 15 is 0 Å². The summed E-state index contributed by atoms with van der Waals surface area (Å²) in [5.74, 6) is 1.60. The van der Waals surface area contributed by atoms with Gasteiger partial charge >= 0.3 is 0 Å². The van der Waals surface area contributed by atoms with Gasteiger partial charge in [-0.15, -0.1) is 19.0 Å². The van der Waals surface area contributed by atoms with Crippen molar-refractivity contribution in [1.82, 2.24) is 4.90 Å². The lowest BCUT2D eigenvalue weighted by atomic mass is 9.88. The van der Waals surface area contributed by atoms with Crippen LogP contribution in [0.25, 0.3) is 0 Å². The third kappa shape index (κ3) is 4.98. The van der Waals surface area contributed by atoms with E-state index in [1.54, 1.807) is 14.2 Å². The highest BCUT2D eigenvalue weighted by atomic mass is 35.5. The number of aryl methyl sites for hydroxylation is 1. The summed E-state index contributed by atoms with van der Waals surface area (Å²) in [6, 6.07) is 12.8. The minimum absolute atomic E-state index is 0. The second-order valence-corrected chi connectivity index (χ2v) is 7.06. The molecule has 2 aromatic rings. The number of nitrogens with zero attached hydrogens (tertiary/aromatic N) is 1. The molecule has 0 aliphatic carbocycles. The third-order valence-corrected chi connectivity index (χ3v) is 5.35. The summed E-state index contributed by atoms with van der Waals surface area (Å²) in [6.07, 6.45) is 5.04. The predicted octanol–water partition coefficient (Wildman–Crippen LogP) is 5.50. The second-order valence-electron chi connectivity index (χ2n) is 6.62. The Bertz CT molecular complexity index is 762. The van der Waals surface area contributed by atoms with Gasteiger partial charge in [-0.25, -0.2) is 0 Å². The molecular formula is C22H27Cl2NO2. The van der Waals surface area contributed by atoms with E-state index in [1.807, 2.05) is 18.2 Å². The smallest absolute Gasteiger partial charge is 0.161 e. The zero-order valence-electron chi connectivity index (χ0n) is 15.9. The molecule has 27 heavy (non-hydrogen) atoms. The van der Waals surface area contributed by atoms with Gasteiger partial charge in [-0.05, 0) is 60.2 Å². The van der Waals surface area contributed by atoms with Crippen LogP contribution in [-0.4, -0.2) is 32.2 Å². The second kappa shape index (κ2) is 10.0. The van der Waals surface area contributed by atoms with Gasteiger partial charge in [0.1, 0.15) is 0 Å². The number of fused-ring (bicyclic) bond motifs is 1. The number of ether oxygens (including phenoxy) is 2. The quantitative estimate of drug-likeness (QED) is 0.565. The molecule has 3 rings (SSSR count). The SMILES string of the molecule is C=CCN1CCc2cc(OC)c(OC)cc2C1CCc1ccc(Cl)cc1.Cl. The first kappa shape index (κ1) is 21.6. The summed E-state index contributed by atoms with van der Waals surface area (Å²) in [6.45, 7) is 5.85. The largest absolute Gasteiger partial charge is 0.493 e. The van der Waals surface area contributed by atoms with E-state index in [0.29, 0.717) is 6.04 Å². The summed E-state index contributed by atoms with van der Waals surface area (Å²) in [5, 5.41) is 0.780. The Balaban J connectivity index is 0.00000261. The highest BCUT2D eigenvalue weighted by Gasteiger charge is 2.28. The average Bonchev–Trinajstić information content (AvgIpc) is 2.67. The first-order valence-electron chi connectivity index (χ1n) is 9.00. The normalized spacial score (nSPS) is 16.2. The van der Waals surface area contributed by atoms with Crippen molar-refractivity contribution in [2.75, 3.05) is 27.3 Å². The maximum absolute atomic E-state index is 6.01. The minimum atomic E-state index is 0. The zero-order chi connectivity index (χ0) is 18.5. The number of halogens is 2. The van der Waals surface area contributed by atoms with Crippen LogP contribution in [0.15, 0.2) is 49.1 Å². The van der Waals surface area contributed by atoms with Crippen molar-refractivity contribution >= 4 is 24.0 Å². The van der Waals surface area contributed by atoms with Crippen molar-refractivity contribution < 1.29 is 9.47 Å². The van der Waals surface area contributed by atoms with Gasteiger partial charge in [-0.3, -0.25) is 4.90 Å². The molecule has 146 valence electrons. The fourth-order valence-electron chi connectivity index (χ4n) is 3.76. The van der Waals surface area contributed by atoms with Crippen LogP contribution in [0.4, 0.5) is 0 Å². The van der Waals surface area contributed by atoms with E-state index < -0.39 is 0 Å². The standard InChI is InChI=1S/C22H26ClNO2.ClH/c1-4-12-24-13-11-17-14-21(25-2)22(26-3)15-19(17)20(24)10-7-16-5-8-18(23)9-6-16;/h4-6,8-9,14-15,20H,1,7,10-13H2,2-3H3;1H. The number of rotatable bonds is 7. The molecule has 1 heterocycles. The highest BCUT2D eigenvalue weighted by molar-refractivity contribution is 6.30. The van der Waals surface area contributed by atoms with Crippen molar-refractivity contribution in [2.45, 2.75) is 25.3 Å². The van der Waals surface area contributed by atoms with Crippen molar-refractivity contribution in [3.63, 3.8) is 0 Å². The van der Waals surface area contributed by atoms with Gasteiger partial charge in [0.15, 0.2) is 11.5 Å². The Morgan fingerprint density at radius 3 is 2.44 bits per heavy atom. The molecule has 0 fully saturated rings. The molecule has 0 aromatic heterocycles. The summed E-state index contributed by atoms with van der Waals surface area (Å²) in [5.41, 5.74) is 3.99. The van der Waals surface area contributed by atoms with Crippen molar-refractivity contribution in [2.24, 2.45) is 0 Å². The molecule has 1 unspecified atom stereocenters. The fraction of sp³-hybridized carbons (Fsp3) is 0.364. The number of benzene rings is 2. The predicted molar refractivity (Wildman–Crippen MR) is 115 cm³/mol. The summed E-state index contributed by atoms with van der Waals surface area (Å²) < 4.78 is 11.0. The number of hydrogen-bond acceptors (Lipinski definition) is 3. The first-order valence-corrected chi connectivity index (χ1v) is 9.38. The van der Waals surface area contributed by atoms with Gasteiger partial charge in [0, 0.05) is 24.2 Å². The minimum Gasteiger partial charge on any atom is -0.493 e. The molecule has 1 aliphatic rings. The van der Waals surface area contributed by atoms with Gasteiger partial charge in [0.2, 0.25) is 0 Å². The Hall–Kier alpha value is -1.68. The molecule has 0 spiro atoms. The maximum Gasteiger partial charge on any atom is 0.161 e. The summed E-state index contributed by atoms with van der Waals surface area (Å²) in [4.78, 5) is 2.50. The van der Waals surface area contributed by atoms with Crippen LogP contribution in [0.3, 0.4) is 0 Å². The lowest BCUT2D eigenvalue weighted by Gasteiger charge is -2.37. The van der Waals surface area contributed by atoms with Crippen LogP contribution in [0.2, 0.25) is 5.02 Å². The van der Waals surface area contributed by atoms with Crippen LogP contribution in [0, 0.1) is 0 Å². The average molecular weight is 408 g/mol. The van der Waals surface area contributed by atoms with Gasteiger partial charge in [-0.1, -0.05) is 29.8 Å². The number of hydrogen-bond donors (Lipinski definition) is 0. The van der Waals surface area contributed by atoms with Gasteiger partial charge in [0.25, 0.3) is 0 Å². The van der Waals surface area contributed by atoms with Crippen LogP contribution >= 0.6 is 24.0 Å². The maximum atomic E-state index is 6.01. The van der Waals surface area contributed by atoms with Crippen LogP contribution in [-0.2, 0) is 12.8 Å². The number of methoxy groups -OCH3 is 2. The third-order valence-electron chi connectivity index (χ3n) is 5.10. The Morgan fingerprint density at radius 2 is 1.81 bits per heavy atom. The molecule has 2 aromatic carbocycles. The molecule has 0 radical (unpaired) electrons. The van der Waals surface area contributed by atoms with Crippen LogP contribution in [0.1, 0.15) is 29.2 Å². The summed E-state index contributed by atoms with van der Waals surface area (Å²) in [7, 11) is 3.38. The molecule has 0 saturated carbocycles. The Kier molecular flexibility index (Phi) is 8.03. The molecule has 0 N–H and O–H groups in total. The Labute approximate surface area is 173 Å². The first-order chi connectivity index (χ1) is 12.7. The van der Waals surface area contributed by atoms with E-state index in [9.17, 15) is 0 Å². The topological polar surface area (TPSA) is 21.7 Å². The fourth-order valence-corrected chi connectivity index (χ4v) is 3.88. The summed E-state index contributed by atoms with van der Waals surface area (Å²) >= 11 is 6.01. The van der Waals surface area contributed by atoms with E-state index in [-0.39, 0.29) is 12.4 Å². The monoisotopic (exact) mass is 407 g/mol. The molecule has 1 atom stereocenters. The lowest BCUT2D eigenvalue weighted by molar-refractivity contribution is 0.195. The van der Waals surface area contributed by atoms with Crippen LogP contribution < -0.4 is 9.47 Å². The van der Waals surface area contributed by atoms with Gasteiger partial charge < -0.3 is 9.47 Å². The van der Waals surface area contributed by atoms with E-state index in [2.05, 4.69) is 35.7 Å². The molecule has 0 bridgehead atoms. The van der Waals surface area contributed by atoms with Gasteiger partial charge in [-0.2, -0.15) is 0 Å². The molecule has 3 nitrogen and oxygen atoms in total. The van der Waals surface area contributed by atoms with Crippen molar-refractivity contribution in [3.8, 4) is 11.5 Å². The Morgan fingerprint density at radius 1 is 1.15 bits per heavy atom. The molecule has 0 amide bonds. The van der Waals surface area contributed by atoms with Crippen molar-refractivity contribution in [1.29, 1.82) is 0 Å². The molecule has 1 aliphatic heterocycles. The van der Waals surface area contributed by atoms with E-state index in [4.69, 9.17) is 21.1 Å². The van der Waals surface area contributed by atoms with Crippen molar-refractivity contribution in [3.05, 3.63) is 70.8 Å². The molecular weight excluding hydrogens is 381 g/mol.